The third-order valence-corrected chi connectivity index (χ3v) is 5.13. The number of fused-ring (bicyclic) bond motifs is 2. The molecule has 1 aromatic carbocycles. The summed E-state index contributed by atoms with van der Waals surface area (Å²) in [5, 5.41) is 14.2. The minimum Gasteiger partial charge on any atom is -0.550 e. The topological polar surface area (TPSA) is 95.5 Å². The summed E-state index contributed by atoms with van der Waals surface area (Å²) in [7, 11) is 0. The minimum absolute atomic E-state index is 0.0432. The molecule has 1 N–H and O–H groups in total. The summed E-state index contributed by atoms with van der Waals surface area (Å²) in [6.07, 6.45) is 2.51. The van der Waals surface area contributed by atoms with Gasteiger partial charge in [0.25, 0.3) is 0 Å². The highest BCUT2D eigenvalue weighted by Crippen LogP contribution is 2.52. The van der Waals surface area contributed by atoms with Crippen LogP contribution < -0.4 is 10.4 Å². The summed E-state index contributed by atoms with van der Waals surface area (Å²) in [5.41, 5.74) is 0.810. The van der Waals surface area contributed by atoms with Crippen molar-refractivity contribution in [2.75, 3.05) is 11.9 Å². The largest absolute Gasteiger partial charge is 0.550 e. The average Bonchev–Trinajstić information content (AvgIpc) is 3.16. The maximum atomic E-state index is 12.6. The fourth-order valence-corrected chi connectivity index (χ4v) is 4.17. The van der Waals surface area contributed by atoms with E-state index in [4.69, 9.17) is 4.74 Å². The molecule has 0 spiro atoms. The number of rotatable bonds is 5. The third kappa shape index (κ3) is 3.00. The van der Waals surface area contributed by atoms with E-state index in [1.54, 1.807) is 25.1 Å². The Balaban J connectivity index is 1.74. The van der Waals surface area contributed by atoms with Crippen LogP contribution in [0.4, 0.5) is 5.69 Å². The maximum absolute atomic E-state index is 12.6. The molecule has 1 amide bonds. The van der Waals surface area contributed by atoms with Gasteiger partial charge >= 0.3 is 5.97 Å². The lowest BCUT2D eigenvalue weighted by Gasteiger charge is -2.30. The summed E-state index contributed by atoms with van der Waals surface area (Å²) >= 11 is 0. The van der Waals surface area contributed by atoms with Gasteiger partial charge in [0.15, 0.2) is 0 Å². The van der Waals surface area contributed by atoms with Crippen LogP contribution in [-0.4, -0.2) is 24.5 Å². The molecule has 2 aliphatic rings. The number of ether oxygens (including phenoxy) is 1. The van der Waals surface area contributed by atoms with E-state index >= 15 is 0 Å². The highest BCUT2D eigenvalue weighted by Gasteiger charge is 2.51. The lowest BCUT2D eigenvalue weighted by molar-refractivity contribution is -0.314. The van der Waals surface area contributed by atoms with E-state index in [9.17, 15) is 19.5 Å². The number of carbonyl (C=O) groups excluding carboxylic acids is 3. The van der Waals surface area contributed by atoms with Crippen LogP contribution in [0.5, 0.6) is 0 Å². The zero-order chi connectivity index (χ0) is 17.3. The molecule has 2 fully saturated rings. The number of carboxylic acids is 1. The number of carboxylic acid groups (broad SMARTS) is 1. The van der Waals surface area contributed by atoms with Gasteiger partial charge in [-0.2, -0.15) is 0 Å². The van der Waals surface area contributed by atoms with E-state index in [1.165, 1.54) is 6.07 Å². The van der Waals surface area contributed by atoms with Gasteiger partial charge in [0.1, 0.15) is 0 Å². The number of aliphatic carboxylic acids is 1. The Hall–Kier alpha value is -2.37. The summed E-state index contributed by atoms with van der Waals surface area (Å²) in [5.74, 6) is -3.02. The Morgan fingerprint density at radius 3 is 2.58 bits per heavy atom. The number of nitrogens with one attached hydrogen (secondary N) is 1. The summed E-state index contributed by atoms with van der Waals surface area (Å²) in [6, 6.07) is 6.47. The fraction of sp³-hybridized carbons (Fsp3) is 0.500. The first-order valence-electron chi connectivity index (χ1n) is 8.30. The lowest BCUT2D eigenvalue weighted by Crippen LogP contribution is -2.43. The second-order valence-corrected chi connectivity index (χ2v) is 6.49. The predicted octanol–water partition coefficient (Wildman–Crippen LogP) is 1.21. The van der Waals surface area contributed by atoms with E-state index in [2.05, 4.69) is 5.32 Å². The summed E-state index contributed by atoms with van der Waals surface area (Å²) in [6.45, 7) is 1.99. The molecule has 3 rings (SSSR count). The molecule has 0 heterocycles. The predicted molar refractivity (Wildman–Crippen MR) is 83.8 cm³/mol. The highest BCUT2D eigenvalue weighted by atomic mass is 16.5. The summed E-state index contributed by atoms with van der Waals surface area (Å²) in [4.78, 5) is 35.8. The Bertz CT molecular complexity index is 671. The van der Waals surface area contributed by atoms with E-state index in [0.29, 0.717) is 11.3 Å². The minimum atomic E-state index is -1.14. The normalized spacial score (nSPS) is 27.7. The van der Waals surface area contributed by atoms with Crippen molar-refractivity contribution in [2.45, 2.75) is 26.2 Å². The molecule has 128 valence electrons. The Morgan fingerprint density at radius 2 is 1.92 bits per heavy atom. The molecular formula is C18H20NO5-. The molecule has 24 heavy (non-hydrogen) atoms. The van der Waals surface area contributed by atoms with E-state index < -0.39 is 23.8 Å². The fourth-order valence-electron chi connectivity index (χ4n) is 4.17. The first-order chi connectivity index (χ1) is 11.5. The molecule has 0 unspecified atom stereocenters. The number of amides is 1. The number of benzene rings is 1. The SMILES string of the molecule is CCOC(=O)c1cccc(NC(=O)[C@@H]2[C@@H]3CC[C@@H](C3)[C@@H]2C(=O)[O-])c1. The molecule has 2 bridgehead atoms. The molecule has 6 nitrogen and oxygen atoms in total. The van der Waals surface area contributed by atoms with Crippen LogP contribution in [0.3, 0.4) is 0 Å². The summed E-state index contributed by atoms with van der Waals surface area (Å²) < 4.78 is 4.94. The van der Waals surface area contributed by atoms with Crippen LogP contribution >= 0.6 is 0 Å². The number of esters is 1. The molecular weight excluding hydrogens is 310 g/mol. The van der Waals surface area contributed by atoms with Crippen LogP contribution in [0.2, 0.25) is 0 Å². The second kappa shape index (κ2) is 6.63. The quantitative estimate of drug-likeness (QED) is 0.819. The molecule has 0 aromatic heterocycles. The standard InChI is InChI=1S/C18H21NO5/c1-2-24-18(23)12-4-3-5-13(9-12)19-16(20)14-10-6-7-11(8-10)15(14)17(21)22/h3-5,9-11,14-15H,2,6-8H2,1H3,(H,19,20)(H,21,22)/p-1/t10-,11+,14-,15+/m1/s1. The van der Waals surface area contributed by atoms with E-state index in [-0.39, 0.29) is 24.3 Å². The second-order valence-electron chi connectivity index (χ2n) is 6.49. The van der Waals surface area contributed by atoms with Gasteiger partial charge < -0.3 is 20.0 Å². The molecule has 0 saturated heterocycles. The Labute approximate surface area is 140 Å². The number of hydrogen-bond donors (Lipinski definition) is 1. The van der Waals surface area contributed by atoms with Crippen molar-refractivity contribution in [3.8, 4) is 0 Å². The molecule has 2 aliphatic carbocycles. The van der Waals surface area contributed by atoms with Gasteiger partial charge in [-0.1, -0.05) is 6.07 Å². The van der Waals surface area contributed by atoms with Gasteiger partial charge in [0.2, 0.25) is 5.91 Å². The van der Waals surface area contributed by atoms with Crippen molar-refractivity contribution in [2.24, 2.45) is 23.7 Å². The molecule has 0 aliphatic heterocycles. The van der Waals surface area contributed by atoms with Crippen molar-refractivity contribution in [3.05, 3.63) is 29.8 Å². The monoisotopic (exact) mass is 330 g/mol. The van der Waals surface area contributed by atoms with Crippen molar-refractivity contribution in [1.82, 2.24) is 0 Å². The van der Waals surface area contributed by atoms with Gasteiger partial charge in [-0.3, -0.25) is 4.79 Å². The Kier molecular flexibility index (Phi) is 4.55. The van der Waals surface area contributed by atoms with Gasteiger partial charge in [-0.05, 0) is 56.2 Å². The van der Waals surface area contributed by atoms with Crippen LogP contribution in [0.1, 0.15) is 36.5 Å². The molecule has 4 atom stereocenters. The van der Waals surface area contributed by atoms with Gasteiger partial charge in [0, 0.05) is 23.5 Å². The van der Waals surface area contributed by atoms with Gasteiger partial charge in [-0.25, -0.2) is 4.79 Å². The van der Waals surface area contributed by atoms with Crippen molar-refractivity contribution < 1.29 is 24.2 Å². The molecule has 2 saturated carbocycles. The average molecular weight is 330 g/mol. The van der Waals surface area contributed by atoms with Crippen molar-refractivity contribution >= 4 is 23.5 Å². The zero-order valence-corrected chi connectivity index (χ0v) is 13.5. The van der Waals surface area contributed by atoms with Gasteiger partial charge in [-0.15, -0.1) is 0 Å². The molecule has 6 heteroatoms. The van der Waals surface area contributed by atoms with Crippen LogP contribution in [0, 0.1) is 23.7 Å². The van der Waals surface area contributed by atoms with Crippen LogP contribution in [0.15, 0.2) is 24.3 Å². The Morgan fingerprint density at radius 1 is 1.21 bits per heavy atom. The first kappa shape index (κ1) is 16.5. The number of carbonyl (C=O) groups is 3. The molecule has 0 radical (unpaired) electrons. The van der Waals surface area contributed by atoms with Gasteiger partial charge in [0.05, 0.1) is 12.2 Å². The van der Waals surface area contributed by atoms with Crippen LogP contribution in [-0.2, 0) is 14.3 Å². The van der Waals surface area contributed by atoms with Crippen molar-refractivity contribution in [3.63, 3.8) is 0 Å². The highest BCUT2D eigenvalue weighted by molar-refractivity contribution is 5.97. The zero-order valence-electron chi connectivity index (χ0n) is 13.5. The van der Waals surface area contributed by atoms with Crippen LogP contribution in [0.25, 0.3) is 0 Å². The third-order valence-electron chi connectivity index (χ3n) is 5.13. The first-order valence-corrected chi connectivity index (χ1v) is 8.30. The van der Waals surface area contributed by atoms with Crippen molar-refractivity contribution in [1.29, 1.82) is 0 Å². The number of hydrogen-bond acceptors (Lipinski definition) is 5. The molecule has 1 aromatic rings. The smallest absolute Gasteiger partial charge is 0.338 e. The lowest BCUT2D eigenvalue weighted by atomic mass is 9.78. The number of anilines is 1. The van der Waals surface area contributed by atoms with E-state index in [0.717, 1.165) is 19.3 Å². The van der Waals surface area contributed by atoms with E-state index in [1.807, 2.05) is 0 Å². The maximum Gasteiger partial charge on any atom is 0.338 e.